The lowest BCUT2D eigenvalue weighted by Crippen LogP contribution is -2.76. The van der Waals surface area contributed by atoms with E-state index in [1.807, 2.05) is 0 Å². The van der Waals surface area contributed by atoms with Gasteiger partial charge >= 0.3 is 59.5 Å². The number of benzene rings is 1. The first-order valence-electron chi connectivity index (χ1n) is 9.80. The molecule has 0 atom stereocenters. The molecule has 1 aromatic heterocycles. The molecule has 2 aromatic rings. The maximum absolute atomic E-state index is 14.5. The van der Waals surface area contributed by atoms with Gasteiger partial charge in [0.2, 0.25) is 0 Å². The van der Waals surface area contributed by atoms with Crippen molar-refractivity contribution in [1.82, 2.24) is 4.98 Å². The first-order valence-corrected chi connectivity index (χ1v) is 9.80. The number of rotatable bonds is 9. The smallest absolute Gasteiger partial charge is 0.353 e. The summed E-state index contributed by atoms with van der Waals surface area (Å²) >= 11 is 0. The fourth-order valence-electron chi connectivity index (χ4n) is 3.31. The van der Waals surface area contributed by atoms with Gasteiger partial charge in [-0.1, -0.05) is 18.2 Å². The van der Waals surface area contributed by atoms with Gasteiger partial charge in [-0.2, -0.15) is 92.2 Å². The van der Waals surface area contributed by atoms with Crippen LogP contribution < -0.4 is 0 Å². The van der Waals surface area contributed by atoms with Crippen molar-refractivity contribution in [2.45, 2.75) is 66.4 Å². The third kappa shape index (κ3) is 4.03. The Labute approximate surface area is 211 Å². The standard InChI is InChI=1S/C19H8F21N/c1-6-7-4-2-3-5-8(7)41-9(6)10(20,21)11(22,23)12(24,25)13(26,27)14(28,29)15(30,31)16(32,33)17(34,35)18(36,37)19(38,39)40/h2-5,41H,1H3. The molecule has 1 nitrogen and oxygen atoms in total. The Hall–Kier alpha value is -2.71. The topological polar surface area (TPSA) is 15.8 Å². The van der Waals surface area contributed by atoms with E-state index in [1.54, 1.807) is 0 Å². The van der Waals surface area contributed by atoms with Gasteiger partial charge in [-0.05, 0) is 18.6 Å². The van der Waals surface area contributed by atoms with Crippen LogP contribution in [0.25, 0.3) is 10.9 Å². The van der Waals surface area contributed by atoms with Gasteiger partial charge in [0.05, 0.1) is 5.69 Å². The molecule has 0 unspecified atom stereocenters. The molecule has 1 heterocycles. The fourth-order valence-corrected chi connectivity index (χ4v) is 3.31. The molecule has 1 aromatic carbocycles. The van der Waals surface area contributed by atoms with Crippen LogP contribution in [0.1, 0.15) is 11.3 Å². The third-order valence-electron chi connectivity index (χ3n) is 5.79. The minimum Gasteiger partial charge on any atom is -0.353 e. The lowest BCUT2D eigenvalue weighted by molar-refractivity contribution is -0.475. The van der Waals surface area contributed by atoms with Gasteiger partial charge in [0.1, 0.15) is 0 Å². The van der Waals surface area contributed by atoms with Gasteiger partial charge in [0.25, 0.3) is 0 Å². The summed E-state index contributed by atoms with van der Waals surface area (Å²) in [6, 6.07) is 3.65. The van der Waals surface area contributed by atoms with Gasteiger partial charge in [-0.15, -0.1) is 0 Å². The van der Waals surface area contributed by atoms with Crippen molar-refractivity contribution in [2.24, 2.45) is 0 Å². The number of aromatic amines is 1. The van der Waals surface area contributed by atoms with Crippen molar-refractivity contribution in [3.63, 3.8) is 0 Å². The summed E-state index contributed by atoms with van der Waals surface area (Å²) in [5, 5.41) is -0.516. The highest BCUT2D eigenvalue weighted by Gasteiger charge is 2.98. The van der Waals surface area contributed by atoms with Gasteiger partial charge in [0, 0.05) is 10.9 Å². The number of para-hydroxylation sites is 1. The number of alkyl halides is 21. The molecule has 0 aliphatic heterocycles. The Morgan fingerprint density at radius 1 is 0.439 bits per heavy atom. The van der Waals surface area contributed by atoms with Crippen LogP contribution in [0, 0.1) is 6.92 Å². The Bertz CT molecular complexity index is 1280. The van der Waals surface area contributed by atoms with Gasteiger partial charge in [-0.3, -0.25) is 0 Å². The predicted molar refractivity (Wildman–Crippen MR) is 92.6 cm³/mol. The van der Waals surface area contributed by atoms with Crippen LogP contribution in [0.4, 0.5) is 92.2 Å². The highest BCUT2D eigenvalue weighted by Crippen LogP contribution is 2.67. The number of halogens is 21. The largest absolute Gasteiger partial charge is 0.460 e. The summed E-state index contributed by atoms with van der Waals surface area (Å²) < 4.78 is 284. The van der Waals surface area contributed by atoms with Crippen LogP contribution in [-0.2, 0) is 5.92 Å². The lowest BCUT2D eigenvalue weighted by Gasteiger charge is -2.44. The van der Waals surface area contributed by atoms with Crippen LogP contribution in [0.15, 0.2) is 24.3 Å². The summed E-state index contributed by atoms with van der Waals surface area (Å²) in [5.74, 6) is -77.3. The van der Waals surface area contributed by atoms with Gasteiger partial charge < -0.3 is 4.98 Å². The molecule has 0 saturated carbocycles. The van der Waals surface area contributed by atoms with Crippen molar-refractivity contribution in [3.05, 3.63) is 35.5 Å². The van der Waals surface area contributed by atoms with E-state index in [0.717, 1.165) is 24.3 Å². The molecule has 1 N–H and O–H groups in total. The second-order valence-corrected chi connectivity index (χ2v) is 8.34. The van der Waals surface area contributed by atoms with E-state index in [0.29, 0.717) is 6.92 Å². The number of aryl methyl sites for hydroxylation is 1. The van der Waals surface area contributed by atoms with E-state index in [-0.39, 0.29) is 0 Å². The molecule has 236 valence electrons. The highest BCUT2D eigenvalue weighted by molar-refractivity contribution is 5.84. The Kier molecular flexibility index (Phi) is 7.49. The molecule has 0 aliphatic carbocycles. The maximum Gasteiger partial charge on any atom is 0.460 e. The van der Waals surface area contributed by atoms with Crippen molar-refractivity contribution in [3.8, 4) is 0 Å². The summed E-state index contributed by atoms with van der Waals surface area (Å²) in [6.45, 7) is 0.445. The quantitative estimate of drug-likeness (QED) is 0.261. The molecule has 0 bridgehead atoms. The molecule has 0 saturated heterocycles. The summed E-state index contributed by atoms with van der Waals surface area (Å²) in [5.41, 5.74) is -4.23. The monoisotopic (exact) mass is 649 g/mol. The number of hydrogen-bond acceptors (Lipinski definition) is 0. The van der Waals surface area contributed by atoms with Gasteiger partial charge in [-0.25, -0.2) is 0 Å². The molecule has 0 spiro atoms. The Morgan fingerprint density at radius 3 is 1.10 bits per heavy atom. The zero-order chi connectivity index (χ0) is 32.8. The maximum atomic E-state index is 14.5. The van der Waals surface area contributed by atoms with Crippen molar-refractivity contribution in [2.75, 3.05) is 0 Å². The second-order valence-electron chi connectivity index (χ2n) is 8.34. The van der Waals surface area contributed by atoms with E-state index in [4.69, 9.17) is 0 Å². The fraction of sp³-hybridized carbons (Fsp3) is 0.579. The number of hydrogen-bond donors (Lipinski definition) is 1. The molecular formula is C19H8F21N. The van der Waals surface area contributed by atoms with E-state index in [1.165, 1.54) is 4.98 Å². The number of aromatic nitrogens is 1. The van der Waals surface area contributed by atoms with Gasteiger partial charge in [0.15, 0.2) is 0 Å². The molecule has 0 radical (unpaired) electrons. The van der Waals surface area contributed by atoms with Crippen LogP contribution in [0.2, 0.25) is 0 Å². The van der Waals surface area contributed by atoms with Crippen LogP contribution in [0.5, 0.6) is 0 Å². The molecule has 22 heteroatoms. The average Bonchev–Trinajstić information content (AvgIpc) is 3.14. The zero-order valence-corrected chi connectivity index (χ0v) is 18.7. The molecule has 0 amide bonds. The molecule has 0 aliphatic rings. The second kappa shape index (κ2) is 8.90. The Balaban J connectivity index is 2.75. The highest BCUT2D eigenvalue weighted by atomic mass is 19.4. The Morgan fingerprint density at radius 2 is 0.756 bits per heavy atom. The molecular weight excluding hydrogens is 641 g/mol. The van der Waals surface area contributed by atoms with Crippen molar-refractivity contribution < 1.29 is 92.2 Å². The predicted octanol–water partition coefficient (Wildman–Crippen LogP) is 9.21. The zero-order valence-electron chi connectivity index (χ0n) is 18.7. The molecule has 0 fully saturated rings. The summed E-state index contributed by atoms with van der Waals surface area (Å²) in [6.07, 6.45) is -8.01. The summed E-state index contributed by atoms with van der Waals surface area (Å²) in [4.78, 5) is 1.32. The normalized spacial score (nSPS) is 16.0. The molecule has 2 rings (SSSR count). The summed E-state index contributed by atoms with van der Waals surface area (Å²) in [7, 11) is 0. The lowest BCUT2D eigenvalue weighted by atomic mass is 9.85. The first-order chi connectivity index (χ1) is 17.7. The van der Waals surface area contributed by atoms with Crippen LogP contribution in [-0.4, -0.2) is 58.5 Å². The van der Waals surface area contributed by atoms with E-state index >= 15 is 0 Å². The number of fused-ring (bicyclic) bond motifs is 1. The van der Waals surface area contributed by atoms with Crippen molar-refractivity contribution >= 4 is 10.9 Å². The number of H-pyrrole nitrogens is 1. The SMILES string of the molecule is Cc1c(C(F)(F)C(F)(F)C(F)(F)C(F)(F)C(F)(F)C(F)(F)C(F)(F)C(F)(F)C(F)(F)C(F)(F)F)[nH]c2ccccc12. The number of nitrogens with one attached hydrogen (secondary N) is 1. The van der Waals surface area contributed by atoms with Crippen LogP contribution in [0.3, 0.4) is 0 Å². The first kappa shape index (κ1) is 34.5. The van der Waals surface area contributed by atoms with E-state index in [2.05, 4.69) is 0 Å². The minimum absolute atomic E-state index is 0.445. The molecule has 41 heavy (non-hydrogen) atoms. The average molecular weight is 649 g/mol. The van der Waals surface area contributed by atoms with Crippen molar-refractivity contribution in [1.29, 1.82) is 0 Å². The van der Waals surface area contributed by atoms with Crippen LogP contribution >= 0.6 is 0 Å². The third-order valence-corrected chi connectivity index (χ3v) is 5.79. The minimum atomic E-state index is -9.19. The van der Waals surface area contributed by atoms with E-state index < -0.39 is 81.6 Å². The van der Waals surface area contributed by atoms with E-state index in [9.17, 15) is 92.2 Å².